The molecule has 4 heteroatoms. The Hall–Kier alpha value is -2.49. The second kappa shape index (κ2) is 6.10. The van der Waals surface area contributed by atoms with Gasteiger partial charge in [-0.3, -0.25) is 5.41 Å². The van der Waals surface area contributed by atoms with Crippen molar-refractivity contribution < 1.29 is 9.47 Å². The van der Waals surface area contributed by atoms with E-state index < -0.39 is 0 Å². The summed E-state index contributed by atoms with van der Waals surface area (Å²) in [5, 5.41) is 7.66. The van der Waals surface area contributed by atoms with Crippen LogP contribution >= 0.6 is 0 Å². The van der Waals surface area contributed by atoms with E-state index in [0.717, 1.165) is 17.1 Å². The van der Waals surface area contributed by atoms with Crippen LogP contribution in [0.25, 0.3) is 0 Å². The number of nitrogen functional groups attached to an aromatic ring is 1. The Labute approximate surface area is 131 Å². The SMILES string of the molecule is COc1ccc(Oc2ccccc2C(=N)N)c(C(C)(C)C)c1. The first-order valence-electron chi connectivity index (χ1n) is 7.12. The van der Waals surface area contributed by atoms with Gasteiger partial charge in [0.25, 0.3) is 0 Å². The summed E-state index contributed by atoms with van der Waals surface area (Å²) in [7, 11) is 1.65. The fraction of sp³-hybridized carbons (Fsp3) is 0.278. The highest BCUT2D eigenvalue weighted by molar-refractivity contribution is 5.97. The van der Waals surface area contributed by atoms with E-state index in [1.807, 2.05) is 36.4 Å². The molecule has 0 radical (unpaired) electrons. The van der Waals surface area contributed by atoms with E-state index >= 15 is 0 Å². The highest BCUT2D eigenvalue weighted by atomic mass is 16.5. The van der Waals surface area contributed by atoms with E-state index in [9.17, 15) is 0 Å². The molecule has 2 aromatic rings. The van der Waals surface area contributed by atoms with Gasteiger partial charge in [-0.2, -0.15) is 0 Å². The highest BCUT2D eigenvalue weighted by Gasteiger charge is 2.21. The number of nitrogens with one attached hydrogen (secondary N) is 1. The molecule has 0 aliphatic carbocycles. The van der Waals surface area contributed by atoms with E-state index in [1.54, 1.807) is 13.2 Å². The van der Waals surface area contributed by atoms with Gasteiger partial charge in [-0.15, -0.1) is 0 Å². The van der Waals surface area contributed by atoms with E-state index in [-0.39, 0.29) is 11.3 Å². The first-order chi connectivity index (χ1) is 10.3. The number of nitrogens with two attached hydrogens (primary N) is 1. The summed E-state index contributed by atoms with van der Waals surface area (Å²) in [4.78, 5) is 0. The van der Waals surface area contributed by atoms with E-state index in [2.05, 4.69) is 20.8 Å². The molecule has 0 amide bonds. The van der Waals surface area contributed by atoms with Crippen molar-refractivity contribution in [3.05, 3.63) is 53.6 Å². The predicted molar refractivity (Wildman–Crippen MR) is 89.2 cm³/mol. The number of para-hydroxylation sites is 1. The number of ether oxygens (including phenoxy) is 2. The van der Waals surface area contributed by atoms with Gasteiger partial charge in [0.05, 0.1) is 12.7 Å². The van der Waals surface area contributed by atoms with Crippen LogP contribution in [0.5, 0.6) is 17.2 Å². The molecule has 3 N–H and O–H groups in total. The molecule has 0 saturated carbocycles. The van der Waals surface area contributed by atoms with Crippen molar-refractivity contribution in [2.24, 2.45) is 5.73 Å². The zero-order valence-electron chi connectivity index (χ0n) is 13.4. The van der Waals surface area contributed by atoms with Gasteiger partial charge in [-0.05, 0) is 35.7 Å². The smallest absolute Gasteiger partial charge is 0.138 e. The largest absolute Gasteiger partial charge is 0.497 e. The molecule has 2 rings (SSSR count). The molecule has 22 heavy (non-hydrogen) atoms. The van der Waals surface area contributed by atoms with Gasteiger partial charge >= 0.3 is 0 Å². The average Bonchev–Trinajstić information content (AvgIpc) is 2.47. The summed E-state index contributed by atoms with van der Waals surface area (Å²) >= 11 is 0. The number of hydrogen-bond acceptors (Lipinski definition) is 3. The second-order valence-corrected chi connectivity index (χ2v) is 6.12. The monoisotopic (exact) mass is 298 g/mol. The van der Waals surface area contributed by atoms with Crippen molar-refractivity contribution in [1.29, 1.82) is 5.41 Å². The van der Waals surface area contributed by atoms with E-state index in [0.29, 0.717) is 11.3 Å². The molecule has 0 heterocycles. The van der Waals surface area contributed by atoms with Crippen LogP contribution < -0.4 is 15.2 Å². The quantitative estimate of drug-likeness (QED) is 0.660. The molecule has 0 fully saturated rings. The summed E-state index contributed by atoms with van der Waals surface area (Å²) in [5.41, 5.74) is 7.13. The van der Waals surface area contributed by atoms with Crippen LogP contribution in [0.2, 0.25) is 0 Å². The van der Waals surface area contributed by atoms with Crippen molar-refractivity contribution in [3.63, 3.8) is 0 Å². The topological polar surface area (TPSA) is 68.3 Å². The molecular weight excluding hydrogens is 276 g/mol. The molecule has 0 atom stereocenters. The lowest BCUT2D eigenvalue weighted by atomic mass is 9.86. The summed E-state index contributed by atoms with van der Waals surface area (Å²) in [6.07, 6.45) is 0. The third-order valence-corrected chi connectivity index (χ3v) is 3.39. The van der Waals surface area contributed by atoms with Gasteiger partial charge in [-0.1, -0.05) is 32.9 Å². The van der Waals surface area contributed by atoms with E-state index in [4.69, 9.17) is 20.6 Å². The van der Waals surface area contributed by atoms with Gasteiger partial charge in [0.1, 0.15) is 23.1 Å². The van der Waals surface area contributed by atoms with Gasteiger partial charge < -0.3 is 15.2 Å². The Bertz CT molecular complexity index is 688. The van der Waals surface area contributed by atoms with Gasteiger partial charge in [0.2, 0.25) is 0 Å². The average molecular weight is 298 g/mol. The first kappa shape index (κ1) is 15.9. The summed E-state index contributed by atoms with van der Waals surface area (Å²) in [6.45, 7) is 6.35. The molecule has 116 valence electrons. The Morgan fingerprint density at radius 2 is 1.73 bits per heavy atom. The van der Waals surface area contributed by atoms with Crippen LogP contribution in [0, 0.1) is 5.41 Å². The Morgan fingerprint density at radius 1 is 1.05 bits per heavy atom. The molecule has 0 bridgehead atoms. The second-order valence-electron chi connectivity index (χ2n) is 6.12. The number of benzene rings is 2. The van der Waals surface area contributed by atoms with Gasteiger partial charge in [0.15, 0.2) is 0 Å². The fourth-order valence-electron chi connectivity index (χ4n) is 2.21. The molecular formula is C18H22N2O2. The fourth-order valence-corrected chi connectivity index (χ4v) is 2.21. The first-order valence-corrected chi connectivity index (χ1v) is 7.12. The van der Waals surface area contributed by atoms with Crippen LogP contribution in [0.1, 0.15) is 31.9 Å². The lowest BCUT2D eigenvalue weighted by Crippen LogP contribution is -2.14. The molecule has 0 unspecified atom stereocenters. The van der Waals surface area contributed by atoms with Gasteiger partial charge in [0, 0.05) is 5.56 Å². The zero-order chi connectivity index (χ0) is 16.3. The molecule has 0 aliphatic rings. The number of hydrogen-bond donors (Lipinski definition) is 2. The molecule has 0 aromatic heterocycles. The summed E-state index contributed by atoms with van der Waals surface area (Å²) in [5.74, 6) is 2.09. The van der Waals surface area contributed by atoms with Crippen molar-refractivity contribution in [2.75, 3.05) is 7.11 Å². The molecule has 0 spiro atoms. The zero-order valence-corrected chi connectivity index (χ0v) is 13.4. The minimum Gasteiger partial charge on any atom is -0.497 e. The molecule has 2 aromatic carbocycles. The van der Waals surface area contributed by atoms with Crippen LogP contribution in [0.15, 0.2) is 42.5 Å². The summed E-state index contributed by atoms with van der Waals surface area (Å²) in [6, 6.07) is 13.0. The van der Waals surface area contributed by atoms with Crippen LogP contribution in [-0.4, -0.2) is 12.9 Å². The Balaban J connectivity index is 2.48. The Morgan fingerprint density at radius 3 is 2.32 bits per heavy atom. The maximum Gasteiger partial charge on any atom is 0.138 e. The lowest BCUT2D eigenvalue weighted by molar-refractivity contribution is 0.407. The third-order valence-electron chi connectivity index (χ3n) is 3.39. The van der Waals surface area contributed by atoms with E-state index in [1.165, 1.54) is 0 Å². The summed E-state index contributed by atoms with van der Waals surface area (Å²) < 4.78 is 11.4. The van der Waals surface area contributed by atoms with Crippen molar-refractivity contribution >= 4 is 5.84 Å². The maximum absolute atomic E-state index is 7.66. The standard InChI is InChI=1S/C18H22N2O2/c1-18(2,3)14-11-12(21-4)9-10-16(14)22-15-8-6-5-7-13(15)17(19)20/h5-11H,1-4H3,(H3,19,20). The normalized spacial score (nSPS) is 11.1. The molecule has 0 saturated heterocycles. The van der Waals surface area contributed by atoms with Crippen molar-refractivity contribution in [1.82, 2.24) is 0 Å². The maximum atomic E-state index is 7.66. The van der Waals surface area contributed by atoms with Crippen molar-refractivity contribution in [3.8, 4) is 17.2 Å². The number of methoxy groups -OCH3 is 1. The number of rotatable bonds is 4. The third kappa shape index (κ3) is 3.39. The Kier molecular flexibility index (Phi) is 4.40. The number of amidine groups is 1. The predicted octanol–water partition coefficient (Wildman–Crippen LogP) is 4.07. The van der Waals surface area contributed by atoms with Crippen LogP contribution in [-0.2, 0) is 5.41 Å². The van der Waals surface area contributed by atoms with Crippen LogP contribution in [0.3, 0.4) is 0 Å². The highest BCUT2D eigenvalue weighted by Crippen LogP contribution is 2.37. The van der Waals surface area contributed by atoms with Gasteiger partial charge in [-0.25, -0.2) is 0 Å². The molecule has 0 aliphatic heterocycles. The lowest BCUT2D eigenvalue weighted by Gasteiger charge is -2.24. The van der Waals surface area contributed by atoms with Crippen molar-refractivity contribution in [2.45, 2.75) is 26.2 Å². The molecule has 4 nitrogen and oxygen atoms in total. The van der Waals surface area contributed by atoms with Crippen LogP contribution in [0.4, 0.5) is 0 Å². The minimum absolute atomic E-state index is 0.0126. The minimum atomic E-state index is -0.102.